The fourth-order valence-electron chi connectivity index (χ4n) is 12.5. The Kier molecular flexibility index (Phi) is 17.2. The maximum absolute atomic E-state index is 14.0. The monoisotopic (exact) mass is 1110 g/mol. The number of aliphatic hydroxyl groups is 1. The lowest BCUT2D eigenvalue weighted by Gasteiger charge is -2.39. The van der Waals surface area contributed by atoms with Gasteiger partial charge in [0.1, 0.15) is 48.2 Å². The molecule has 6 heterocycles. The van der Waals surface area contributed by atoms with Crippen LogP contribution in [0.2, 0.25) is 0 Å². The summed E-state index contributed by atoms with van der Waals surface area (Å²) in [5, 5.41) is 22.6. The average molecular weight is 1110 g/mol. The zero-order chi connectivity index (χ0) is 56.8. The average Bonchev–Trinajstić information content (AvgIpc) is 4.47. The summed E-state index contributed by atoms with van der Waals surface area (Å²) >= 11 is 0. The molecule has 5 aromatic rings. The van der Waals surface area contributed by atoms with E-state index in [0.29, 0.717) is 74.7 Å². The van der Waals surface area contributed by atoms with Gasteiger partial charge in [0.2, 0.25) is 23.6 Å². The Morgan fingerprint density at radius 2 is 1.10 bits per heavy atom. The van der Waals surface area contributed by atoms with E-state index in [4.69, 9.17) is 14.2 Å². The molecule has 4 saturated heterocycles. The van der Waals surface area contributed by atoms with Gasteiger partial charge >= 0.3 is 0 Å². The molecule has 0 unspecified atom stereocenters. The summed E-state index contributed by atoms with van der Waals surface area (Å²) in [5.41, 5.74) is 3.34. The van der Waals surface area contributed by atoms with E-state index in [0.717, 1.165) is 78.7 Å². The number of ether oxygens (including phenoxy) is 3. The van der Waals surface area contributed by atoms with E-state index in [1.807, 2.05) is 66.7 Å². The van der Waals surface area contributed by atoms with Gasteiger partial charge in [0.05, 0.1) is 32.9 Å². The van der Waals surface area contributed by atoms with Gasteiger partial charge < -0.3 is 60.4 Å². The summed E-state index contributed by atoms with van der Waals surface area (Å²) < 4.78 is 16.6. The normalized spacial score (nSPS) is 22.4. The Morgan fingerprint density at radius 3 is 1.53 bits per heavy atom. The van der Waals surface area contributed by atoms with E-state index in [-0.39, 0.29) is 78.1 Å². The van der Waals surface area contributed by atoms with Gasteiger partial charge in [-0.05, 0) is 143 Å². The molecular weight excluding hydrogens is 1040 g/mol. The number of piperidine rings is 4. The molecule has 4 aliphatic heterocycles. The summed E-state index contributed by atoms with van der Waals surface area (Å²) in [7, 11) is 3.16. The van der Waals surface area contributed by atoms with E-state index in [9.17, 15) is 43.5 Å². The lowest BCUT2D eigenvalue weighted by Crippen LogP contribution is -2.57. The number of methoxy groups -OCH3 is 2. The smallest absolute Gasteiger partial charge is 0.270 e. The number of amides is 6. The molecule has 2 spiro atoms. The molecule has 0 radical (unpaired) electrons. The van der Waals surface area contributed by atoms with Crippen molar-refractivity contribution in [3.05, 3.63) is 95.8 Å². The molecule has 6 atom stereocenters. The quantitative estimate of drug-likeness (QED) is 0.0558. The predicted octanol–water partition coefficient (Wildman–Crippen LogP) is 5.27. The van der Waals surface area contributed by atoms with Crippen LogP contribution >= 0.6 is 0 Å². The second-order valence-electron chi connectivity index (χ2n) is 23.1. The van der Waals surface area contributed by atoms with E-state index >= 15 is 0 Å². The number of aliphatic hydroxyl groups excluding tert-OH is 1. The van der Waals surface area contributed by atoms with Crippen LogP contribution in [-0.2, 0) is 40.1 Å². The highest BCUT2D eigenvalue weighted by atomic mass is 16.5. The molecule has 6 fully saturated rings. The number of nitrogens with one attached hydrogen (secondary N) is 6. The van der Waals surface area contributed by atoms with Crippen molar-refractivity contribution in [3.8, 4) is 11.5 Å². The number of H-pyrrole nitrogens is 2. The van der Waals surface area contributed by atoms with Crippen molar-refractivity contribution in [2.24, 2.45) is 22.7 Å². The molecule has 81 heavy (non-hydrogen) atoms. The van der Waals surface area contributed by atoms with Gasteiger partial charge in [-0.1, -0.05) is 42.5 Å². The van der Waals surface area contributed by atoms with Gasteiger partial charge in [-0.25, -0.2) is 0 Å². The van der Waals surface area contributed by atoms with Gasteiger partial charge in [-0.15, -0.1) is 0 Å². The number of likely N-dealkylation sites (tertiary alicyclic amines) is 2. The lowest BCUT2D eigenvalue weighted by atomic mass is 9.86. The first-order valence-corrected chi connectivity index (χ1v) is 28.6. The molecule has 430 valence electrons. The molecule has 20 nitrogen and oxygen atoms in total. The standard InChI is InChI=1S/C34H40N4O6.C27H34N4O6/c1-43-30-11-5-10-25-24(30)18-27(36-25)33(42)38-16-14-34(12-13-34)19-28(38)32(41)37-26(17-23-9-6-15-35-31(23)40)29(39)21-44-20-22-7-3-2-4-8-22;1-37-23-6-2-5-18-17(23)13-20(29-18)26(36)31-11-9-27(7-8-27)14-21(31)25(35)30-19(22(33)15-32)12-16-4-3-10-28-24(16)34/h2-5,7-8,10-11,18,23,26,28,36H,6,9,12-17,19-21H2,1H3,(H,35,40)(H,37,41);2,5-6,13,16,19,21,29,32H,3-4,7-12,14-15H2,1H3,(H,28,34)(H,30,35)/t23-,26-,28-;16-,19-,21-/m00/s1. The van der Waals surface area contributed by atoms with Gasteiger partial charge in [0.25, 0.3) is 11.8 Å². The van der Waals surface area contributed by atoms with Crippen molar-refractivity contribution < 1.29 is 57.7 Å². The minimum absolute atomic E-state index is 0.0577. The van der Waals surface area contributed by atoms with Crippen LogP contribution in [0, 0.1) is 22.7 Å². The lowest BCUT2D eigenvalue weighted by molar-refractivity contribution is -0.135. The first-order chi connectivity index (χ1) is 39.2. The molecule has 0 bridgehead atoms. The number of fused-ring (bicyclic) bond motifs is 2. The molecule has 6 amide bonds. The number of aromatic amines is 2. The van der Waals surface area contributed by atoms with Gasteiger partial charge in [0.15, 0.2) is 11.6 Å². The SMILES string of the molecule is COc1cccc2[nH]c(C(=O)N3CCC4(CC4)C[C@H]3C(=O)N[C@@H](C[C@@H]3CCCNC3=O)C(=O)CO)cc12.COc1cccc2[nH]c(C(=O)N3CCC4(CC4)C[C@H]3C(=O)N[C@@H](C[C@@H]3CCCNC3=O)C(=O)COCc3ccccc3)cc12. The van der Waals surface area contributed by atoms with Crippen molar-refractivity contribution in [3.63, 3.8) is 0 Å². The van der Waals surface area contributed by atoms with Gasteiger partial charge in [-0.3, -0.25) is 38.4 Å². The number of hydrogen-bond acceptors (Lipinski definition) is 12. The van der Waals surface area contributed by atoms with Crippen molar-refractivity contribution in [1.29, 1.82) is 0 Å². The van der Waals surface area contributed by atoms with Crippen LogP contribution in [-0.4, -0.2) is 150 Å². The number of Topliss-reactive ketones (excluding diaryl/α,β-unsaturated/α-hetero) is 2. The number of hydrogen-bond donors (Lipinski definition) is 7. The van der Waals surface area contributed by atoms with Crippen molar-refractivity contribution >= 4 is 68.8 Å². The number of nitrogens with zero attached hydrogens (tertiary/aromatic N) is 2. The minimum atomic E-state index is -0.988. The molecule has 7 N–H and O–H groups in total. The third kappa shape index (κ3) is 13.0. The Balaban J connectivity index is 0.000000185. The summed E-state index contributed by atoms with van der Waals surface area (Å²) in [6.45, 7) is 1.44. The molecule has 11 rings (SSSR count). The molecule has 6 aliphatic rings. The molecule has 3 aromatic carbocycles. The highest BCUT2D eigenvalue weighted by molar-refractivity contribution is 6.03. The van der Waals surface area contributed by atoms with Crippen LogP contribution < -0.4 is 30.7 Å². The van der Waals surface area contributed by atoms with E-state index in [1.165, 1.54) is 0 Å². The number of aromatic nitrogens is 2. The first-order valence-electron chi connectivity index (χ1n) is 28.6. The van der Waals surface area contributed by atoms with Crippen molar-refractivity contribution in [2.45, 2.75) is 121 Å². The Hall–Kier alpha value is -7.58. The van der Waals surface area contributed by atoms with Crippen LogP contribution in [0.5, 0.6) is 11.5 Å². The second kappa shape index (κ2) is 24.6. The third-order valence-electron chi connectivity index (χ3n) is 17.7. The van der Waals surface area contributed by atoms with E-state index < -0.39 is 48.4 Å². The zero-order valence-corrected chi connectivity index (χ0v) is 46.2. The van der Waals surface area contributed by atoms with E-state index in [1.54, 1.807) is 36.2 Å². The molecule has 2 aliphatic carbocycles. The highest BCUT2D eigenvalue weighted by Crippen LogP contribution is 2.56. The summed E-state index contributed by atoms with van der Waals surface area (Å²) in [5.74, 6) is -1.89. The fourth-order valence-corrected chi connectivity index (χ4v) is 12.5. The number of benzene rings is 3. The van der Waals surface area contributed by atoms with Gasteiger partial charge in [0, 0.05) is 59.8 Å². The summed E-state index contributed by atoms with van der Waals surface area (Å²) in [6, 6.07) is 20.8. The zero-order valence-electron chi connectivity index (χ0n) is 46.2. The van der Waals surface area contributed by atoms with Crippen LogP contribution in [0.25, 0.3) is 21.8 Å². The first kappa shape index (κ1) is 56.7. The van der Waals surface area contributed by atoms with Gasteiger partial charge in [-0.2, -0.15) is 0 Å². The second-order valence-corrected chi connectivity index (χ2v) is 23.1. The molecular formula is C61H74N8O12. The molecule has 20 heteroatoms. The highest BCUT2D eigenvalue weighted by Gasteiger charge is 2.53. The third-order valence-corrected chi connectivity index (χ3v) is 17.7. The fraction of sp³-hybridized carbons (Fsp3) is 0.508. The van der Waals surface area contributed by atoms with Crippen LogP contribution in [0.3, 0.4) is 0 Å². The summed E-state index contributed by atoms with van der Waals surface area (Å²) in [6.07, 6.45) is 10.0. The number of carbonyl (C=O) groups excluding carboxylic acids is 8. The maximum atomic E-state index is 14.0. The Labute approximate surface area is 470 Å². The minimum Gasteiger partial charge on any atom is -0.496 e. The van der Waals surface area contributed by atoms with Crippen molar-refractivity contribution in [2.75, 3.05) is 53.6 Å². The number of rotatable bonds is 19. The number of ketones is 2. The maximum Gasteiger partial charge on any atom is 0.270 e. The Morgan fingerprint density at radius 1 is 0.630 bits per heavy atom. The Bertz CT molecular complexity index is 3160. The van der Waals surface area contributed by atoms with Crippen LogP contribution in [0.15, 0.2) is 78.9 Å². The van der Waals surface area contributed by atoms with E-state index in [2.05, 4.69) is 31.2 Å². The molecule has 2 saturated carbocycles. The predicted molar refractivity (Wildman–Crippen MR) is 299 cm³/mol. The molecule has 2 aromatic heterocycles. The number of carbonyl (C=O) groups is 8. The van der Waals surface area contributed by atoms with Crippen LogP contribution in [0.1, 0.15) is 116 Å². The van der Waals surface area contributed by atoms with Crippen molar-refractivity contribution in [1.82, 2.24) is 41.0 Å². The largest absolute Gasteiger partial charge is 0.496 e. The summed E-state index contributed by atoms with van der Waals surface area (Å²) in [4.78, 5) is 116. The topological polar surface area (TPSA) is 271 Å². The van der Waals surface area contributed by atoms with Crippen LogP contribution in [0.4, 0.5) is 0 Å².